The summed E-state index contributed by atoms with van der Waals surface area (Å²) in [5.74, 6) is 3.42. The minimum Gasteiger partial charge on any atom is -0.443 e. The molecular formula is C27H41N3O. The van der Waals surface area contributed by atoms with Crippen molar-refractivity contribution in [3.8, 4) is 0 Å². The maximum absolute atomic E-state index is 6.35. The third-order valence-corrected chi connectivity index (χ3v) is 7.56. The van der Waals surface area contributed by atoms with E-state index >= 15 is 0 Å². The number of anilines is 1. The molecule has 1 saturated carbocycles. The average molecular weight is 424 g/mol. The molecule has 1 unspecified atom stereocenters. The molecule has 0 aromatic heterocycles. The molecule has 1 aromatic rings. The van der Waals surface area contributed by atoms with E-state index in [0.29, 0.717) is 12.0 Å². The first-order valence-electron chi connectivity index (χ1n) is 12.6. The van der Waals surface area contributed by atoms with Gasteiger partial charge in [0.15, 0.2) is 5.90 Å². The van der Waals surface area contributed by atoms with Crippen molar-refractivity contribution in [2.45, 2.75) is 70.8 Å². The Balaban J connectivity index is 1.29. The van der Waals surface area contributed by atoms with Crippen molar-refractivity contribution in [1.82, 2.24) is 4.90 Å². The van der Waals surface area contributed by atoms with E-state index in [9.17, 15) is 0 Å². The zero-order valence-electron chi connectivity index (χ0n) is 19.9. The summed E-state index contributed by atoms with van der Waals surface area (Å²) in [6, 6.07) is 9.61. The molecule has 170 valence electrons. The smallest absolute Gasteiger partial charge is 0.193 e. The molecule has 1 aliphatic carbocycles. The van der Waals surface area contributed by atoms with Gasteiger partial charge in [-0.25, -0.2) is 0 Å². The van der Waals surface area contributed by atoms with Gasteiger partial charge in [0.1, 0.15) is 5.76 Å². The van der Waals surface area contributed by atoms with Gasteiger partial charge in [0.2, 0.25) is 0 Å². The molecule has 0 spiro atoms. The fourth-order valence-corrected chi connectivity index (χ4v) is 5.41. The van der Waals surface area contributed by atoms with Crippen molar-refractivity contribution in [3.63, 3.8) is 0 Å². The first kappa shape index (κ1) is 22.4. The van der Waals surface area contributed by atoms with Gasteiger partial charge in [-0.2, -0.15) is 0 Å². The zero-order valence-corrected chi connectivity index (χ0v) is 19.9. The Morgan fingerprint density at radius 1 is 1.03 bits per heavy atom. The summed E-state index contributed by atoms with van der Waals surface area (Å²) in [4.78, 5) is 9.58. The lowest BCUT2D eigenvalue weighted by molar-refractivity contribution is 0.278. The third kappa shape index (κ3) is 5.71. The van der Waals surface area contributed by atoms with E-state index in [1.807, 2.05) is 0 Å². The minimum absolute atomic E-state index is 0.512. The van der Waals surface area contributed by atoms with E-state index in [1.165, 1.54) is 69.0 Å². The molecule has 1 saturated heterocycles. The summed E-state index contributed by atoms with van der Waals surface area (Å²) in [5, 5.41) is 0. The number of ether oxygens (including phenoxy) is 1. The molecule has 1 aromatic carbocycles. The van der Waals surface area contributed by atoms with Gasteiger partial charge >= 0.3 is 0 Å². The van der Waals surface area contributed by atoms with Crippen molar-refractivity contribution in [2.75, 3.05) is 38.6 Å². The molecule has 0 radical (unpaired) electrons. The van der Waals surface area contributed by atoms with Crippen molar-refractivity contribution in [3.05, 3.63) is 35.9 Å². The highest BCUT2D eigenvalue weighted by Gasteiger charge is 2.28. The van der Waals surface area contributed by atoms with Gasteiger partial charge in [-0.1, -0.05) is 32.6 Å². The Bertz CT molecular complexity index is 759. The Morgan fingerprint density at radius 3 is 2.48 bits per heavy atom. The fraction of sp³-hybridized carbons (Fsp3) is 0.667. The Morgan fingerprint density at radius 2 is 1.81 bits per heavy atom. The van der Waals surface area contributed by atoms with Crippen LogP contribution in [0.4, 0.5) is 5.69 Å². The Kier molecular flexibility index (Phi) is 7.71. The summed E-state index contributed by atoms with van der Waals surface area (Å²) in [6.45, 7) is 5.29. The van der Waals surface area contributed by atoms with Crippen molar-refractivity contribution >= 4 is 17.3 Å². The van der Waals surface area contributed by atoms with Crippen LogP contribution in [0.5, 0.6) is 0 Å². The second kappa shape index (κ2) is 10.7. The molecule has 4 heteroatoms. The minimum atomic E-state index is 0.512. The molecule has 0 N–H and O–H groups in total. The highest BCUT2D eigenvalue weighted by Crippen LogP contribution is 2.35. The van der Waals surface area contributed by atoms with Crippen molar-refractivity contribution in [1.29, 1.82) is 0 Å². The predicted molar refractivity (Wildman–Crippen MR) is 132 cm³/mol. The SMILES string of the molecule is CCCCCC1CCC(C2=NCC=C(c3ccc(N4CCC(N(C)C)C4)cc3)O2)CC1. The number of hydrogen-bond donors (Lipinski definition) is 0. The van der Waals surface area contributed by atoms with Gasteiger partial charge in [0.05, 0.1) is 6.54 Å². The Hall–Kier alpha value is -1.81. The molecule has 3 aliphatic rings. The monoisotopic (exact) mass is 423 g/mol. The average Bonchev–Trinajstić information content (AvgIpc) is 3.31. The molecule has 1 atom stereocenters. The lowest BCUT2D eigenvalue weighted by Gasteiger charge is -2.30. The Labute approximate surface area is 189 Å². The summed E-state index contributed by atoms with van der Waals surface area (Å²) < 4.78 is 6.35. The number of likely N-dealkylation sites (N-methyl/N-ethyl adjacent to an activating group) is 1. The van der Waals surface area contributed by atoms with E-state index in [0.717, 1.165) is 37.2 Å². The van der Waals surface area contributed by atoms with Crippen LogP contribution in [0.3, 0.4) is 0 Å². The maximum atomic E-state index is 6.35. The zero-order chi connectivity index (χ0) is 21.6. The number of aliphatic imine (C=N–C) groups is 1. The summed E-state index contributed by atoms with van der Waals surface area (Å²) >= 11 is 0. The first-order chi connectivity index (χ1) is 15.1. The molecule has 2 aliphatic heterocycles. The van der Waals surface area contributed by atoms with Crippen LogP contribution in [0.1, 0.15) is 70.3 Å². The lowest BCUT2D eigenvalue weighted by Crippen LogP contribution is -2.31. The lowest BCUT2D eigenvalue weighted by atomic mass is 9.79. The van der Waals surface area contributed by atoms with Crippen LogP contribution in [-0.2, 0) is 4.74 Å². The number of nitrogens with zero attached hydrogens (tertiary/aromatic N) is 3. The molecule has 2 fully saturated rings. The number of hydrogen-bond acceptors (Lipinski definition) is 4. The second-order valence-electron chi connectivity index (χ2n) is 9.96. The topological polar surface area (TPSA) is 28.1 Å². The second-order valence-corrected chi connectivity index (χ2v) is 9.96. The largest absolute Gasteiger partial charge is 0.443 e. The van der Waals surface area contributed by atoms with Crippen molar-refractivity contribution in [2.24, 2.45) is 16.8 Å². The summed E-state index contributed by atoms with van der Waals surface area (Å²) in [7, 11) is 4.37. The van der Waals surface area contributed by atoms with E-state index in [-0.39, 0.29) is 0 Å². The molecule has 0 amide bonds. The highest BCUT2D eigenvalue weighted by molar-refractivity contribution is 5.86. The van der Waals surface area contributed by atoms with E-state index in [2.05, 4.69) is 61.2 Å². The normalized spacial score (nSPS) is 26.6. The van der Waals surface area contributed by atoms with Crippen LogP contribution in [0.25, 0.3) is 5.76 Å². The van der Waals surface area contributed by atoms with Gasteiger partial charge in [0.25, 0.3) is 0 Å². The van der Waals surface area contributed by atoms with Gasteiger partial charge in [-0.15, -0.1) is 0 Å². The molecular weight excluding hydrogens is 382 g/mol. The van der Waals surface area contributed by atoms with Gasteiger partial charge in [0, 0.05) is 36.3 Å². The molecule has 0 bridgehead atoms. The molecule has 2 heterocycles. The van der Waals surface area contributed by atoms with Gasteiger partial charge < -0.3 is 14.5 Å². The van der Waals surface area contributed by atoms with E-state index < -0.39 is 0 Å². The van der Waals surface area contributed by atoms with Crippen LogP contribution in [-0.4, -0.2) is 50.6 Å². The van der Waals surface area contributed by atoms with Gasteiger partial charge in [-0.3, -0.25) is 4.99 Å². The van der Waals surface area contributed by atoms with E-state index in [1.54, 1.807) is 0 Å². The standard InChI is InChI=1S/C27H41N3O/c1-4-5-6-7-21-8-10-23(11-9-21)27-28-18-16-26(31-27)22-12-14-24(15-13-22)30-19-17-25(20-30)29(2)3/h12-16,21,23,25H,4-11,17-20H2,1-3H3. The van der Waals surface area contributed by atoms with Crippen LogP contribution in [0.15, 0.2) is 35.3 Å². The highest BCUT2D eigenvalue weighted by atomic mass is 16.5. The number of rotatable bonds is 8. The summed E-state index contributed by atoms with van der Waals surface area (Å²) in [6.07, 6.45) is 14.1. The maximum Gasteiger partial charge on any atom is 0.193 e. The molecule has 4 rings (SSSR count). The fourth-order valence-electron chi connectivity index (χ4n) is 5.41. The third-order valence-electron chi connectivity index (χ3n) is 7.56. The molecule has 4 nitrogen and oxygen atoms in total. The van der Waals surface area contributed by atoms with Crippen LogP contribution >= 0.6 is 0 Å². The van der Waals surface area contributed by atoms with Crippen LogP contribution < -0.4 is 4.90 Å². The van der Waals surface area contributed by atoms with Crippen molar-refractivity contribution < 1.29 is 4.74 Å². The molecule has 31 heavy (non-hydrogen) atoms. The quantitative estimate of drug-likeness (QED) is 0.481. The van der Waals surface area contributed by atoms with Gasteiger partial charge in [-0.05, 0) is 82.5 Å². The first-order valence-corrected chi connectivity index (χ1v) is 12.6. The number of unbranched alkanes of at least 4 members (excludes halogenated alkanes) is 2. The van der Waals surface area contributed by atoms with Crippen LogP contribution in [0, 0.1) is 11.8 Å². The number of benzene rings is 1. The van der Waals surface area contributed by atoms with E-state index in [4.69, 9.17) is 9.73 Å². The van der Waals surface area contributed by atoms with Crippen LogP contribution in [0.2, 0.25) is 0 Å². The summed E-state index contributed by atoms with van der Waals surface area (Å²) in [5.41, 5.74) is 2.49. The predicted octanol–water partition coefficient (Wildman–Crippen LogP) is 5.98.